The lowest BCUT2D eigenvalue weighted by Gasteiger charge is -2.40. The van der Waals surface area contributed by atoms with Crippen LogP contribution in [0.25, 0.3) is 0 Å². The standard InChI is InChI=1S/C14H22N2O2.ClH/c1-14(2,16(3,4)5)11-18-13(17)15-12-9-7-6-8-10-12;/h6-10H,11H2,1-5H3;1H. The lowest BCUT2D eigenvalue weighted by molar-refractivity contribution is -0.919. The Bertz CT molecular complexity index is 400. The van der Waals surface area contributed by atoms with E-state index in [4.69, 9.17) is 4.74 Å². The minimum absolute atomic E-state index is 0. The van der Waals surface area contributed by atoms with Crippen molar-refractivity contribution in [1.29, 1.82) is 0 Å². The number of amides is 1. The first-order chi connectivity index (χ1) is 8.22. The van der Waals surface area contributed by atoms with Gasteiger partial charge in [-0.15, -0.1) is 0 Å². The maximum Gasteiger partial charge on any atom is 0.411 e. The molecule has 0 aliphatic heterocycles. The van der Waals surface area contributed by atoms with Crippen LogP contribution in [0.1, 0.15) is 13.8 Å². The van der Waals surface area contributed by atoms with Crippen molar-refractivity contribution in [3.8, 4) is 0 Å². The van der Waals surface area contributed by atoms with Crippen LogP contribution in [0.5, 0.6) is 0 Å². The average Bonchev–Trinajstić information content (AvgIpc) is 2.26. The molecule has 4 nitrogen and oxygen atoms in total. The zero-order chi connectivity index (χ0) is 13.8. The molecule has 0 unspecified atom stereocenters. The Morgan fingerprint density at radius 2 is 1.74 bits per heavy atom. The van der Waals surface area contributed by atoms with Gasteiger partial charge in [0, 0.05) is 5.69 Å². The van der Waals surface area contributed by atoms with Gasteiger partial charge in [-0.05, 0) is 26.0 Å². The van der Waals surface area contributed by atoms with Crippen molar-refractivity contribution in [2.45, 2.75) is 19.4 Å². The van der Waals surface area contributed by atoms with Crippen LogP contribution in [0.4, 0.5) is 10.5 Å². The molecule has 0 fully saturated rings. The van der Waals surface area contributed by atoms with Gasteiger partial charge in [-0.1, -0.05) is 18.2 Å². The van der Waals surface area contributed by atoms with Gasteiger partial charge in [-0.25, -0.2) is 4.79 Å². The molecular weight excluding hydrogens is 264 g/mol. The van der Waals surface area contributed by atoms with E-state index >= 15 is 0 Å². The number of hydrogen-bond acceptors (Lipinski definition) is 2. The number of ether oxygens (including phenoxy) is 1. The van der Waals surface area contributed by atoms with Crippen molar-refractivity contribution >= 4 is 11.8 Å². The number of para-hydroxylation sites is 1. The van der Waals surface area contributed by atoms with E-state index in [1.165, 1.54) is 0 Å². The predicted octanol–water partition coefficient (Wildman–Crippen LogP) is -0.276. The van der Waals surface area contributed by atoms with Crippen molar-refractivity contribution in [2.75, 3.05) is 33.1 Å². The summed E-state index contributed by atoms with van der Waals surface area (Å²) in [4.78, 5) is 11.6. The van der Waals surface area contributed by atoms with Gasteiger partial charge in [-0.3, -0.25) is 5.32 Å². The van der Waals surface area contributed by atoms with E-state index < -0.39 is 6.09 Å². The van der Waals surface area contributed by atoms with Gasteiger partial charge in [0.1, 0.15) is 12.1 Å². The summed E-state index contributed by atoms with van der Waals surface area (Å²) in [7, 11) is 6.25. The van der Waals surface area contributed by atoms with E-state index in [9.17, 15) is 4.79 Å². The van der Waals surface area contributed by atoms with E-state index in [0.717, 1.165) is 10.2 Å². The minimum atomic E-state index is -0.414. The Kier molecular flexibility index (Phi) is 6.33. The molecule has 0 radical (unpaired) electrons. The molecule has 0 aromatic heterocycles. The first kappa shape index (κ1) is 17.7. The summed E-state index contributed by atoms with van der Waals surface area (Å²) in [6.07, 6.45) is -0.414. The summed E-state index contributed by atoms with van der Waals surface area (Å²) in [5, 5.41) is 2.70. The number of nitrogens with zero attached hydrogens (tertiary/aromatic N) is 1. The highest BCUT2D eigenvalue weighted by Crippen LogP contribution is 2.18. The summed E-state index contributed by atoms with van der Waals surface area (Å²) < 4.78 is 6.00. The zero-order valence-electron chi connectivity index (χ0n) is 12.2. The highest BCUT2D eigenvalue weighted by molar-refractivity contribution is 5.84. The van der Waals surface area contributed by atoms with Crippen LogP contribution in [0, 0.1) is 0 Å². The van der Waals surface area contributed by atoms with E-state index in [2.05, 4.69) is 40.3 Å². The number of carbonyl (C=O) groups is 1. The van der Waals surface area contributed by atoms with Crippen LogP contribution in [0.3, 0.4) is 0 Å². The van der Waals surface area contributed by atoms with Gasteiger partial charge >= 0.3 is 6.09 Å². The molecule has 5 heteroatoms. The number of hydrogen-bond donors (Lipinski definition) is 1. The van der Waals surface area contributed by atoms with Crippen molar-refractivity contribution in [3.63, 3.8) is 0 Å². The molecular formula is C14H23ClN2O2. The molecule has 19 heavy (non-hydrogen) atoms. The Morgan fingerprint density at radius 3 is 2.21 bits per heavy atom. The van der Waals surface area contributed by atoms with Crippen molar-refractivity contribution in [2.24, 2.45) is 0 Å². The molecule has 1 N–H and O–H groups in total. The maximum absolute atomic E-state index is 11.6. The summed E-state index contributed by atoms with van der Waals surface area (Å²) in [5.41, 5.74) is 0.610. The lowest BCUT2D eigenvalue weighted by Crippen LogP contribution is -3.00. The van der Waals surface area contributed by atoms with Gasteiger partial charge in [-0.2, -0.15) is 0 Å². The largest absolute Gasteiger partial charge is 1.00 e. The first-order valence-electron chi connectivity index (χ1n) is 6.03. The highest BCUT2D eigenvalue weighted by Gasteiger charge is 2.34. The Labute approximate surface area is 121 Å². The van der Waals surface area contributed by atoms with Gasteiger partial charge in [0.25, 0.3) is 0 Å². The topological polar surface area (TPSA) is 38.3 Å². The van der Waals surface area contributed by atoms with Gasteiger partial charge in [0.2, 0.25) is 0 Å². The maximum atomic E-state index is 11.6. The zero-order valence-corrected chi connectivity index (χ0v) is 13.0. The molecule has 0 heterocycles. The first-order valence-corrected chi connectivity index (χ1v) is 6.03. The second kappa shape index (κ2) is 6.78. The Hall–Kier alpha value is -1.26. The normalized spacial score (nSPS) is 11.4. The molecule has 108 valence electrons. The summed E-state index contributed by atoms with van der Waals surface area (Å²) >= 11 is 0. The third-order valence-corrected chi connectivity index (χ3v) is 3.39. The second-order valence-electron chi connectivity index (χ2n) is 5.89. The molecule has 0 aliphatic carbocycles. The SMILES string of the molecule is CC(C)(COC(=O)Nc1ccccc1)[N+](C)(C)C.[Cl-]. The number of anilines is 1. The lowest BCUT2D eigenvalue weighted by atomic mass is 10.0. The van der Waals surface area contributed by atoms with Crippen molar-refractivity contribution in [3.05, 3.63) is 30.3 Å². The van der Waals surface area contributed by atoms with Crippen LogP contribution < -0.4 is 17.7 Å². The van der Waals surface area contributed by atoms with Crippen molar-refractivity contribution < 1.29 is 26.4 Å². The molecule has 0 atom stereocenters. The number of benzene rings is 1. The average molecular weight is 287 g/mol. The molecule has 0 aliphatic rings. The summed E-state index contributed by atoms with van der Waals surface area (Å²) in [6.45, 7) is 4.51. The molecule has 1 amide bonds. The smallest absolute Gasteiger partial charge is 0.411 e. The quantitative estimate of drug-likeness (QED) is 0.774. The van der Waals surface area contributed by atoms with Crippen LogP contribution in [0.2, 0.25) is 0 Å². The van der Waals surface area contributed by atoms with Gasteiger partial charge < -0.3 is 21.6 Å². The number of carbonyl (C=O) groups excluding carboxylic acids is 1. The number of nitrogens with one attached hydrogen (secondary N) is 1. The fraction of sp³-hybridized carbons (Fsp3) is 0.500. The van der Waals surface area contributed by atoms with Crippen molar-refractivity contribution in [1.82, 2.24) is 0 Å². The van der Waals surface area contributed by atoms with Gasteiger partial charge in [0.05, 0.1) is 21.1 Å². The third-order valence-electron chi connectivity index (χ3n) is 3.39. The Morgan fingerprint density at radius 1 is 1.21 bits per heavy atom. The van der Waals surface area contributed by atoms with E-state index in [-0.39, 0.29) is 17.9 Å². The molecule has 1 aromatic rings. The van der Waals surface area contributed by atoms with Crippen LogP contribution in [0.15, 0.2) is 30.3 Å². The van der Waals surface area contributed by atoms with Crippen LogP contribution >= 0.6 is 0 Å². The third kappa shape index (κ3) is 5.49. The summed E-state index contributed by atoms with van der Waals surface area (Å²) in [6, 6.07) is 9.28. The molecule has 0 bridgehead atoms. The van der Waals surface area contributed by atoms with Gasteiger partial charge in [0.15, 0.2) is 0 Å². The van der Waals surface area contributed by atoms with E-state index in [0.29, 0.717) is 6.61 Å². The monoisotopic (exact) mass is 286 g/mol. The fourth-order valence-corrected chi connectivity index (χ4v) is 1.11. The second-order valence-corrected chi connectivity index (χ2v) is 5.89. The fourth-order valence-electron chi connectivity index (χ4n) is 1.11. The molecule has 1 aromatic carbocycles. The van der Waals surface area contributed by atoms with E-state index in [1.807, 2.05) is 30.3 Å². The van der Waals surface area contributed by atoms with Crippen LogP contribution in [-0.2, 0) is 4.74 Å². The van der Waals surface area contributed by atoms with E-state index in [1.54, 1.807) is 0 Å². The molecule has 0 spiro atoms. The minimum Gasteiger partial charge on any atom is -1.00 e. The molecule has 0 saturated carbocycles. The number of halogens is 1. The molecule has 1 rings (SSSR count). The Balaban J connectivity index is 0.00000324. The number of quaternary nitrogens is 1. The molecule has 0 saturated heterocycles. The predicted molar refractivity (Wildman–Crippen MR) is 73.5 cm³/mol. The van der Waals surface area contributed by atoms with Crippen LogP contribution in [-0.4, -0.2) is 43.9 Å². The summed E-state index contributed by atoms with van der Waals surface area (Å²) in [5.74, 6) is 0. The number of rotatable bonds is 4. The highest BCUT2D eigenvalue weighted by atomic mass is 35.5. The number of likely N-dealkylation sites (N-methyl/N-ethyl adjacent to an activating group) is 1.